The molecule has 0 spiro atoms. The number of unbranched alkanes of at least 4 members (excludes halogenated alkanes) is 3. The van der Waals surface area contributed by atoms with Crippen LogP contribution in [0.25, 0.3) is 0 Å². The van der Waals surface area contributed by atoms with Gasteiger partial charge in [0.2, 0.25) is 5.91 Å². The Balaban J connectivity index is 1.88. The van der Waals surface area contributed by atoms with Crippen LogP contribution in [0.4, 0.5) is 11.4 Å². The Labute approximate surface area is 154 Å². The minimum Gasteiger partial charge on any atom is -0.494 e. The first-order valence-electron chi connectivity index (χ1n) is 9.00. The first-order chi connectivity index (χ1) is 12.6. The molecule has 0 atom stereocenters. The Morgan fingerprint density at radius 1 is 0.923 bits per heavy atom. The third-order valence-electron chi connectivity index (χ3n) is 3.82. The molecule has 138 valence electrons. The fraction of sp³-hybridized carbons (Fsp3) is 0.333. The minimum atomic E-state index is -0.209. The molecule has 5 nitrogen and oxygen atoms in total. The van der Waals surface area contributed by atoms with E-state index in [1.165, 1.54) is 26.2 Å². The SMILES string of the molecule is CCCCCCOc1ccc(C(=O)Nc2cccc(NC(C)=O)c2)cc1. The summed E-state index contributed by atoms with van der Waals surface area (Å²) in [5.74, 6) is 0.406. The van der Waals surface area contributed by atoms with E-state index in [2.05, 4.69) is 17.6 Å². The summed E-state index contributed by atoms with van der Waals surface area (Å²) in [4.78, 5) is 23.5. The summed E-state index contributed by atoms with van der Waals surface area (Å²) < 4.78 is 5.69. The van der Waals surface area contributed by atoms with Crippen molar-refractivity contribution in [2.45, 2.75) is 39.5 Å². The van der Waals surface area contributed by atoms with Gasteiger partial charge in [-0.25, -0.2) is 0 Å². The predicted molar refractivity (Wildman–Crippen MR) is 105 cm³/mol. The summed E-state index contributed by atoms with van der Waals surface area (Å²) in [6, 6.07) is 14.1. The second kappa shape index (κ2) is 10.2. The summed E-state index contributed by atoms with van der Waals surface area (Å²) >= 11 is 0. The average Bonchev–Trinajstić information content (AvgIpc) is 2.62. The van der Waals surface area contributed by atoms with E-state index in [1.54, 1.807) is 36.4 Å². The monoisotopic (exact) mass is 354 g/mol. The van der Waals surface area contributed by atoms with Gasteiger partial charge in [0.15, 0.2) is 0 Å². The number of hydrogen-bond acceptors (Lipinski definition) is 3. The molecule has 0 saturated carbocycles. The van der Waals surface area contributed by atoms with E-state index in [0.29, 0.717) is 23.5 Å². The second-order valence-corrected chi connectivity index (χ2v) is 6.15. The van der Waals surface area contributed by atoms with E-state index >= 15 is 0 Å². The van der Waals surface area contributed by atoms with Crippen molar-refractivity contribution >= 4 is 23.2 Å². The van der Waals surface area contributed by atoms with Crippen LogP contribution in [0.1, 0.15) is 49.9 Å². The van der Waals surface area contributed by atoms with Crippen molar-refractivity contribution in [3.63, 3.8) is 0 Å². The van der Waals surface area contributed by atoms with E-state index in [0.717, 1.165) is 12.2 Å². The molecule has 2 N–H and O–H groups in total. The fourth-order valence-corrected chi connectivity index (χ4v) is 2.50. The van der Waals surface area contributed by atoms with Gasteiger partial charge < -0.3 is 15.4 Å². The molecule has 0 heterocycles. The third kappa shape index (κ3) is 6.59. The van der Waals surface area contributed by atoms with Crippen molar-refractivity contribution in [3.05, 3.63) is 54.1 Å². The lowest BCUT2D eigenvalue weighted by Crippen LogP contribution is -2.12. The van der Waals surface area contributed by atoms with Crippen LogP contribution in [-0.2, 0) is 4.79 Å². The van der Waals surface area contributed by atoms with E-state index in [1.807, 2.05) is 12.1 Å². The standard InChI is InChI=1S/C21H26N2O3/c1-3-4-5-6-14-26-20-12-10-17(11-13-20)21(25)23-19-9-7-8-18(15-19)22-16(2)24/h7-13,15H,3-6,14H2,1-2H3,(H,22,24)(H,23,25). The van der Waals surface area contributed by atoms with Crippen LogP contribution in [0.3, 0.4) is 0 Å². The van der Waals surface area contributed by atoms with Crippen LogP contribution in [0.15, 0.2) is 48.5 Å². The van der Waals surface area contributed by atoms with Gasteiger partial charge in [-0.15, -0.1) is 0 Å². The van der Waals surface area contributed by atoms with Crippen molar-refractivity contribution in [2.24, 2.45) is 0 Å². The molecule has 2 amide bonds. The van der Waals surface area contributed by atoms with Gasteiger partial charge in [0.05, 0.1) is 6.61 Å². The molecule has 26 heavy (non-hydrogen) atoms. The summed E-state index contributed by atoms with van der Waals surface area (Å²) in [6.45, 7) is 4.32. The molecule has 0 aromatic heterocycles. The lowest BCUT2D eigenvalue weighted by molar-refractivity contribution is -0.114. The van der Waals surface area contributed by atoms with Crippen molar-refractivity contribution in [3.8, 4) is 5.75 Å². The maximum absolute atomic E-state index is 12.4. The first-order valence-corrected chi connectivity index (χ1v) is 9.00. The topological polar surface area (TPSA) is 67.4 Å². The number of rotatable bonds is 9. The minimum absolute atomic E-state index is 0.154. The highest BCUT2D eigenvalue weighted by Gasteiger charge is 2.07. The molecule has 5 heteroatoms. The number of carbonyl (C=O) groups is 2. The lowest BCUT2D eigenvalue weighted by atomic mass is 10.2. The van der Waals surface area contributed by atoms with Gasteiger partial charge >= 0.3 is 0 Å². The zero-order valence-electron chi connectivity index (χ0n) is 15.4. The van der Waals surface area contributed by atoms with Crippen LogP contribution in [0.2, 0.25) is 0 Å². The number of amides is 2. The summed E-state index contributed by atoms with van der Waals surface area (Å²) in [6.07, 6.45) is 4.65. The van der Waals surface area contributed by atoms with Gasteiger partial charge in [0.25, 0.3) is 5.91 Å². The van der Waals surface area contributed by atoms with Crippen molar-refractivity contribution in [1.82, 2.24) is 0 Å². The van der Waals surface area contributed by atoms with Crippen LogP contribution in [0, 0.1) is 0 Å². The van der Waals surface area contributed by atoms with Crippen LogP contribution in [-0.4, -0.2) is 18.4 Å². The van der Waals surface area contributed by atoms with Crippen LogP contribution in [0.5, 0.6) is 5.75 Å². The van der Waals surface area contributed by atoms with Crippen molar-refractivity contribution in [1.29, 1.82) is 0 Å². The van der Waals surface area contributed by atoms with E-state index in [9.17, 15) is 9.59 Å². The smallest absolute Gasteiger partial charge is 0.255 e. The number of anilines is 2. The van der Waals surface area contributed by atoms with Gasteiger partial charge in [-0.3, -0.25) is 9.59 Å². The zero-order valence-corrected chi connectivity index (χ0v) is 15.4. The number of benzene rings is 2. The molecule has 2 aromatic carbocycles. The second-order valence-electron chi connectivity index (χ2n) is 6.15. The third-order valence-corrected chi connectivity index (χ3v) is 3.82. The number of carbonyl (C=O) groups excluding carboxylic acids is 2. The molecule has 0 aliphatic rings. The molecule has 0 saturated heterocycles. The number of nitrogens with one attached hydrogen (secondary N) is 2. The van der Waals surface area contributed by atoms with Gasteiger partial charge in [0.1, 0.15) is 5.75 Å². The highest BCUT2D eigenvalue weighted by atomic mass is 16.5. The van der Waals surface area contributed by atoms with Gasteiger partial charge in [0, 0.05) is 23.9 Å². The van der Waals surface area contributed by atoms with Gasteiger partial charge in [-0.1, -0.05) is 32.3 Å². The Hall–Kier alpha value is -2.82. The summed E-state index contributed by atoms with van der Waals surface area (Å²) in [7, 11) is 0. The molecule has 2 aromatic rings. The fourth-order valence-electron chi connectivity index (χ4n) is 2.50. The summed E-state index contributed by atoms with van der Waals surface area (Å²) in [5, 5.41) is 5.52. The maximum Gasteiger partial charge on any atom is 0.255 e. The van der Waals surface area contributed by atoms with E-state index < -0.39 is 0 Å². The van der Waals surface area contributed by atoms with E-state index in [4.69, 9.17) is 4.74 Å². The molecular formula is C21H26N2O3. The molecular weight excluding hydrogens is 328 g/mol. The zero-order chi connectivity index (χ0) is 18.8. The van der Waals surface area contributed by atoms with Crippen LogP contribution < -0.4 is 15.4 Å². The normalized spacial score (nSPS) is 10.2. The van der Waals surface area contributed by atoms with Crippen molar-refractivity contribution < 1.29 is 14.3 Å². The maximum atomic E-state index is 12.4. The Morgan fingerprint density at radius 3 is 2.27 bits per heavy atom. The quantitative estimate of drug-likeness (QED) is 0.632. The molecule has 0 radical (unpaired) electrons. The highest BCUT2D eigenvalue weighted by molar-refractivity contribution is 6.04. The largest absolute Gasteiger partial charge is 0.494 e. The Bertz CT molecular complexity index is 726. The van der Waals surface area contributed by atoms with Crippen molar-refractivity contribution in [2.75, 3.05) is 17.2 Å². The average molecular weight is 354 g/mol. The number of hydrogen-bond donors (Lipinski definition) is 2. The lowest BCUT2D eigenvalue weighted by Gasteiger charge is -2.09. The molecule has 0 bridgehead atoms. The molecule has 0 fully saturated rings. The molecule has 2 rings (SSSR count). The molecule has 0 aliphatic heterocycles. The van der Waals surface area contributed by atoms with E-state index in [-0.39, 0.29) is 11.8 Å². The highest BCUT2D eigenvalue weighted by Crippen LogP contribution is 2.18. The molecule has 0 aliphatic carbocycles. The van der Waals surface area contributed by atoms with Crippen LogP contribution >= 0.6 is 0 Å². The predicted octanol–water partition coefficient (Wildman–Crippen LogP) is 4.86. The first kappa shape index (κ1) is 19.5. The Kier molecular flexibility index (Phi) is 7.68. The van der Waals surface area contributed by atoms with Gasteiger partial charge in [-0.05, 0) is 48.9 Å². The summed E-state index contributed by atoms with van der Waals surface area (Å²) in [5.41, 5.74) is 1.81. The number of ether oxygens (including phenoxy) is 1. The molecule has 0 unspecified atom stereocenters. The Morgan fingerprint density at radius 2 is 1.62 bits per heavy atom. The van der Waals surface area contributed by atoms with Gasteiger partial charge in [-0.2, -0.15) is 0 Å².